The summed E-state index contributed by atoms with van der Waals surface area (Å²) in [5.41, 5.74) is 0. The van der Waals surface area contributed by atoms with E-state index in [-0.39, 0.29) is 5.96 Å². The maximum atomic E-state index is 9.69. The van der Waals surface area contributed by atoms with Crippen LogP contribution in [0.2, 0.25) is 0 Å². The van der Waals surface area contributed by atoms with Gasteiger partial charge in [0.25, 0.3) is 0 Å². The third kappa shape index (κ3) is 1.19. The molecule has 0 spiro atoms. The van der Waals surface area contributed by atoms with Gasteiger partial charge in [0, 0.05) is 12.4 Å². The van der Waals surface area contributed by atoms with Gasteiger partial charge in [0.2, 0.25) is 5.96 Å². The molecule has 0 fully saturated rings. The van der Waals surface area contributed by atoms with Gasteiger partial charge in [-0.3, -0.25) is 15.5 Å². The summed E-state index contributed by atoms with van der Waals surface area (Å²) in [7, 11) is 0. The summed E-state index contributed by atoms with van der Waals surface area (Å²) in [6, 6.07) is 1.65. The van der Waals surface area contributed by atoms with Gasteiger partial charge in [0.1, 0.15) is 0 Å². The quantitative estimate of drug-likeness (QED) is 0.306. The minimum atomic E-state index is -0.111. The largest absolute Gasteiger partial charge is 0.316 e. The Kier molecular flexibility index (Phi) is 1.79. The lowest BCUT2D eigenvalue weighted by Gasteiger charge is -1.97. The monoisotopic (exact) mass is 137 g/mol. The highest BCUT2D eigenvalue weighted by atomic mass is 16.1. The zero-order chi connectivity index (χ0) is 7.40. The first-order chi connectivity index (χ1) is 4.84. The van der Waals surface area contributed by atoms with Crippen LogP contribution < -0.4 is 5.32 Å². The van der Waals surface area contributed by atoms with Gasteiger partial charge in [-0.1, -0.05) is 0 Å². The molecule has 1 aromatic rings. The van der Waals surface area contributed by atoms with Crippen molar-refractivity contribution in [2.45, 2.75) is 0 Å². The first kappa shape index (κ1) is 6.47. The van der Waals surface area contributed by atoms with Crippen molar-refractivity contribution in [3.63, 3.8) is 0 Å². The van der Waals surface area contributed by atoms with Crippen molar-refractivity contribution in [1.82, 2.24) is 15.1 Å². The van der Waals surface area contributed by atoms with Gasteiger partial charge < -0.3 is 0 Å². The standard InChI is InChI=1S/C5H5N4O/c6-5(7-4-10)9-3-1-2-8-9/h1-3H,(H2,6,7,10). The van der Waals surface area contributed by atoms with E-state index in [9.17, 15) is 4.79 Å². The van der Waals surface area contributed by atoms with Gasteiger partial charge in [-0.2, -0.15) is 5.10 Å². The fraction of sp³-hybridized carbons (Fsp3) is 0. The lowest BCUT2D eigenvalue weighted by molar-refractivity contribution is 0.551. The van der Waals surface area contributed by atoms with E-state index in [0.29, 0.717) is 0 Å². The molecule has 1 heterocycles. The van der Waals surface area contributed by atoms with Crippen LogP contribution in [0.4, 0.5) is 0 Å². The summed E-state index contributed by atoms with van der Waals surface area (Å²) in [5.74, 6) is -0.111. The Morgan fingerprint density at radius 1 is 1.80 bits per heavy atom. The average molecular weight is 137 g/mol. The lowest BCUT2D eigenvalue weighted by Crippen LogP contribution is -2.28. The smallest absolute Gasteiger partial charge is 0.287 e. The van der Waals surface area contributed by atoms with Crippen molar-refractivity contribution in [1.29, 1.82) is 5.41 Å². The van der Waals surface area contributed by atoms with E-state index in [1.165, 1.54) is 17.3 Å². The maximum absolute atomic E-state index is 9.69. The van der Waals surface area contributed by atoms with E-state index in [2.05, 4.69) is 5.10 Å². The molecule has 5 nitrogen and oxygen atoms in total. The highest BCUT2D eigenvalue weighted by Gasteiger charge is 1.95. The second-order valence-corrected chi connectivity index (χ2v) is 1.53. The van der Waals surface area contributed by atoms with E-state index < -0.39 is 0 Å². The van der Waals surface area contributed by atoms with Crippen LogP contribution in [0.1, 0.15) is 0 Å². The lowest BCUT2D eigenvalue weighted by atomic mass is 10.7. The molecule has 0 saturated heterocycles. The van der Waals surface area contributed by atoms with Crippen LogP contribution in [0, 0.1) is 5.41 Å². The summed E-state index contributed by atoms with van der Waals surface area (Å²) < 4.78 is 1.21. The highest BCUT2D eigenvalue weighted by molar-refractivity contribution is 5.87. The average Bonchev–Trinajstić information content (AvgIpc) is 2.38. The fourth-order valence-corrected chi connectivity index (χ4v) is 0.507. The van der Waals surface area contributed by atoms with E-state index in [0.717, 1.165) is 0 Å². The van der Waals surface area contributed by atoms with Crippen molar-refractivity contribution >= 4 is 12.4 Å². The van der Waals surface area contributed by atoms with Gasteiger partial charge in [0.15, 0.2) is 0 Å². The summed E-state index contributed by atoms with van der Waals surface area (Å²) in [6.45, 7) is 0. The number of rotatable bonds is 1. The van der Waals surface area contributed by atoms with Gasteiger partial charge in [0.05, 0.1) is 0 Å². The van der Waals surface area contributed by atoms with Crippen LogP contribution in [-0.4, -0.2) is 22.2 Å². The molecular weight excluding hydrogens is 132 g/mol. The predicted octanol–water partition coefficient (Wildman–Crippen LogP) is -0.677. The second-order valence-electron chi connectivity index (χ2n) is 1.53. The molecule has 1 radical (unpaired) electrons. The fourth-order valence-electron chi connectivity index (χ4n) is 0.507. The van der Waals surface area contributed by atoms with Crippen LogP contribution in [-0.2, 0) is 4.79 Å². The summed E-state index contributed by atoms with van der Waals surface area (Å²) in [4.78, 5) is 9.69. The molecule has 5 heteroatoms. The summed E-state index contributed by atoms with van der Waals surface area (Å²) in [5, 5.41) is 12.8. The molecule has 0 atom stereocenters. The Bertz CT molecular complexity index is 228. The number of nitrogens with one attached hydrogen (secondary N) is 2. The molecule has 0 aliphatic heterocycles. The first-order valence-corrected chi connectivity index (χ1v) is 2.56. The molecule has 0 aromatic carbocycles. The van der Waals surface area contributed by atoms with E-state index in [1.807, 2.05) is 5.32 Å². The molecular formula is C5H5N4O. The Hall–Kier alpha value is -1.65. The van der Waals surface area contributed by atoms with Gasteiger partial charge in [-0.15, -0.1) is 0 Å². The van der Waals surface area contributed by atoms with Crippen molar-refractivity contribution < 1.29 is 4.79 Å². The van der Waals surface area contributed by atoms with Gasteiger partial charge in [-0.25, -0.2) is 4.68 Å². The number of hydrogen-bond acceptors (Lipinski definition) is 3. The van der Waals surface area contributed by atoms with E-state index in [4.69, 9.17) is 5.41 Å². The minimum absolute atomic E-state index is 0.111. The van der Waals surface area contributed by atoms with Crippen LogP contribution in [0.15, 0.2) is 18.5 Å². The number of aromatic nitrogens is 2. The molecule has 2 N–H and O–H groups in total. The number of carbonyl (C=O) groups excluding carboxylic acids is 1. The first-order valence-electron chi connectivity index (χ1n) is 2.56. The van der Waals surface area contributed by atoms with Crippen LogP contribution >= 0.6 is 0 Å². The Labute approximate surface area is 57.2 Å². The van der Waals surface area contributed by atoms with Crippen molar-refractivity contribution in [3.05, 3.63) is 18.5 Å². The van der Waals surface area contributed by atoms with Crippen LogP contribution in [0.25, 0.3) is 0 Å². The normalized spacial score (nSPS) is 8.80. The predicted molar refractivity (Wildman–Crippen MR) is 34.2 cm³/mol. The molecule has 1 rings (SSSR count). The molecule has 51 valence electrons. The molecule has 0 unspecified atom stereocenters. The maximum Gasteiger partial charge on any atom is 0.316 e. The molecule has 10 heavy (non-hydrogen) atoms. The van der Waals surface area contributed by atoms with E-state index in [1.54, 1.807) is 12.3 Å². The summed E-state index contributed by atoms with van der Waals surface area (Å²) >= 11 is 0. The number of hydrogen-bond donors (Lipinski definition) is 2. The van der Waals surface area contributed by atoms with E-state index >= 15 is 0 Å². The topological polar surface area (TPSA) is 70.8 Å². The van der Waals surface area contributed by atoms with Gasteiger partial charge >= 0.3 is 6.41 Å². The molecule has 1 amide bonds. The Morgan fingerprint density at radius 3 is 3.10 bits per heavy atom. The van der Waals surface area contributed by atoms with Crippen molar-refractivity contribution in [3.8, 4) is 0 Å². The third-order valence-electron chi connectivity index (χ3n) is 0.903. The van der Waals surface area contributed by atoms with Crippen molar-refractivity contribution in [2.24, 2.45) is 0 Å². The summed E-state index contributed by atoms with van der Waals surface area (Å²) in [6.07, 6.45) is 4.43. The molecule has 0 aliphatic rings. The minimum Gasteiger partial charge on any atom is -0.287 e. The molecule has 0 bridgehead atoms. The van der Waals surface area contributed by atoms with Gasteiger partial charge in [-0.05, 0) is 6.07 Å². The number of amides is 1. The Balaban J connectivity index is 2.68. The SMILES string of the molecule is N=C(N[C]=O)n1cccn1. The zero-order valence-corrected chi connectivity index (χ0v) is 5.03. The molecule has 1 aromatic heterocycles. The molecule has 0 aliphatic carbocycles. The van der Waals surface area contributed by atoms with Crippen LogP contribution in [0.5, 0.6) is 0 Å². The second kappa shape index (κ2) is 2.77. The van der Waals surface area contributed by atoms with Crippen LogP contribution in [0.3, 0.4) is 0 Å². The third-order valence-corrected chi connectivity index (χ3v) is 0.903. The molecule has 0 saturated carbocycles. The highest BCUT2D eigenvalue weighted by Crippen LogP contribution is 1.79. The zero-order valence-electron chi connectivity index (χ0n) is 5.03. The Morgan fingerprint density at radius 2 is 2.60 bits per heavy atom. The van der Waals surface area contributed by atoms with Crippen molar-refractivity contribution in [2.75, 3.05) is 0 Å². The number of nitrogens with zero attached hydrogens (tertiary/aromatic N) is 2.